The van der Waals surface area contributed by atoms with Crippen molar-refractivity contribution in [2.45, 2.75) is 19.8 Å². The topological polar surface area (TPSA) is 66.9 Å². The van der Waals surface area contributed by atoms with Crippen LogP contribution in [-0.4, -0.2) is 35.5 Å². The molecule has 1 aliphatic rings. The molecule has 2 rings (SSSR count). The lowest BCUT2D eigenvalue weighted by atomic mass is 10.00. The van der Waals surface area contributed by atoms with Gasteiger partial charge in [-0.15, -0.1) is 12.4 Å². The van der Waals surface area contributed by atoms with Crippen LogP contribution in [0.4, 0.5) is 0 Å². The summed E-state index contributed by atoms with van der Waals surface area (Å²) < 4.78 is 0. The molecular weight excluding hydrogens is 252 g/mol. The average molecular weight is 271 g/mol. The van der Waals surface area contributed by atoms with E-state index in [4.69, 9.17) is 0 Å². The first-order valence-corrected chi connectivity index (χ1v) is 6.03. The second kappa shape index (κ2) is 7.28. The number of nitrogens with one attached hydrogen (secondary N) is 2. The molecule has 1 aromatic heterocycles. The van der Waals surface area contributed by atoms with E-state index in [1.54, 1.807) is 6.20 Å². The first-order chi connectivity index (χ1) is 8.25. The van der Waals surface area contributed by atoms with Crippen LogP contribution in [0.25, 0.3) is 0 Å². The Kier molecular flexibility index (Phi) is 6.01. The molecule has 0 bridgehead atoms. The predicted molar refractivity (Wildman–Crippen MR) is 71.9 cm³/mol. The summed E-state index contributed by atoms with van der Waals surface area (Å²) in [4.78, 5) is 19.9. The van der Waals surface area contributed by atoms with Gasteiger partial charge in [0.2, 0.25) is 0 Å². The van der Waals surface area contributed by atoms with Crippen molar-refractivity contribution in [2.24, 2.45) is 5.92 Å². The van der Waals surface area contributed by atoms with Gasteiger partial charge in [-0.25, -0.2) is 4.98 Å². The van der Waals surface area contributed by atoms with Crippen molar-refractivity contribution in [2.75, 3.05) is 19.6 Å². The molecule has 0 radical (unpaired) electrons. The summed E-state index contributed by atoms with van der Waals surface area (Å²) >= 11 is 0. The maximum Gasteiger partial charge on any atom is 0.271 e. The van der Waals surface area contributed by atoms with E-state index in [-0.39, 0.29) is 18.3 Å². The molecular formula is C12H19ClN4O. The molecule has 6 heteroatoms. The number of amides is 1. The van der Waals surface area contributed by atoms with Crippen LogP contribution in [0.15, 0.2) is 12.4 Å². The van der Waals surface area contributed by atoms with E-state index in [0.29, 0.717) is 18.2 Å². The lowest BCUT2D eigenvalue weighted by molar-refractivity contribution is 0.0939. The first kappa shape index (κ1) is 14.9. The zero-order chi connectivity index (χ0) is 12.1. The van der Waals surface area contributed by atoms with Gasteiger partial charge in [0.25, 0.3) is 5.91 Å². The van der Waals surface area contributed by atoms with E-state index in [2.05, 4.69) is 20.6 Å². The quantitative estimate of drug-likeness (QED) is 0.858. The van der Waals surface area contributed by atoms with Crippen LogP contribution in [0, 0.1) is 12.8 Å². The van der Waals surface area contributed by atoms with Crippen LogP contribution >= 0.6 is 12.4 Å². The molecule has 1 aromatic rings. The number of carbonyl (C=O) groups is 1. The predicted octanol–water partition coefficient (Wildman–Crippen LogP) is 0.936. The molecule has 18 heavy (non-hydrogen) atoms. The largest absolute Gasteiger partial charge is 0.350 e. The Morgan fingerprint density at radius 1 is 1.50 bits per heavy atom. The fourth-order valence-electron chi connectivity index (χ4n) is 1.94. The average Bonchev–Trinajstić information content (AvgIpc) is 2.38. The minimum atomic E-state index is -0.136. The highest BCUT2D eigenvalue weighted by atomic mass is 35.5. The molecule has 0 aromatic carbocycles. The van der Waals surface area contributed by atoms with Gasteiger partial charge in [0.05, 0.1) is 11.9 Å². The molecule has 0 spiro atoms. The lowest BCUT2D eigenvalue weighted by Crippen LogP contribution is -2.38. The summed E-state index contributed by atoms with van der Waals surface area (Å²) in [7, 11) is 0. The van der Waals surface area contributed by atoms with Crippen LogP contribution in [0.3, 0.4) is 0 Å². The van der Waals surface area contributed by atoms with Gasteiger partial charge in [-0.05, 0) is 38.8 Å². The molecule has 1 amide bonds. The number of aromatic nitrogens is 2. The Balaban J connectivity index is 0.00000162. The van der Waals surface area contributed by atoms with Gasteiger partial charge in [-0.3, -0.25) is 9.78 Å². The third kappa shape index (κ3) is 4.23. The standard InChI is InChI=1S/C12H18N4O.ClH/c1-9-5-15-11(8-14-9)12(17)16-7-10-3-2-4-13-6-10;/h5,8,10,13H,2-4,6-7H2,1H3,(H,16,17);1H. The summed E-state index contributed by atoms with van der Waals surface area (Å²) in [5.74, 6) is 0.397. The number of aryl methyl sites for hydroxylation is 1. The van der Waals surface area contributed by atoms with E-state index >= 15 is 0 Å². The number of halogens is 1. The minimum Gasteiger partial charge on any atom is -0.350 e. The van der Waals surface area contributed by atoms with Gasteiger partial charge in [0, 0.05) is 12.7 Å². The molecule has 0 aliphatic carbocycles. The highest BCUT2D eigenvalue weighted by molar-refractivity contribution is 5.91. The van der Waals surface area contributed by atoms with Gasteiger partial charge >= 0.3 is 0 Å². The Hall–Kier alpha value is -1.20. The Labute approximate surface area is 113 Å². The monoisotopic (exact) mass is 270 g/mol. The third-order valence-corrected chi connectivity index (χ3v) is 2.96. The summed E-state index contributed by atoms with van der Waals surface area (Å²) in [5, 5.41) is 6.23. The van der Waals surface area contributed by atoms with Gasteiger partial charge in [-0.1, -0.05) is 0 Å². The van der Waals surface area contributed by atoms with E-state index < -0.39 is 0 Å². The summed E-state index contributed by atoms with van der Waals surface area (Å²) in [6.07, 6.45) is 5.48. The molecule has 1 unspecified atom stereocenters. The van der Waals surface area contributed by atoms with Gasteiger partial charge in [0.15, 0.2) is 0 Å². The smallest absolute Gasteiger partial charge is 0.271 e. The summed E-state index contributed by atoms with van der Waals surface area (Å²) in [6, 6.07) is 0. The molecule has 2 N–H and O–H groups in total. The second-order valence-electron chi connectivity index (χ2n) is 4.47. The van der Waals surface area contributed by atoms with Crippen LogP contribution in [-0.2, 0) is 0 Å². The highest BCUT2D eigenvalue weighted by Gasteiger charge is 2.14. The number of rotatable bonds is 3. The van der Waals surface area contributed by atoms with Crippen LogP contribution < -0.4 is 10.6 Å². The lowest BCUT2D eigenvalue weighted by Gasteiger charge is -2.22. The normalized spacial score (nSPS) is 18.8. The Bertz CT molecular complexity index is 376. The summed E-state index contributed by atoms with van der Waals surface area (Å²) in [5.41, 5.74) is 1.21. The molecule has 1 saturated heterocycles. The molecule has 1 fully saturated rings. The Morgan fingerprint density at radius 3 is 2.94 bits per heavy atom. The number of hydrogen-bond donors (Lipinski definition) is 2. The van der Waals surface area contributed by atoms with Crippen molar-refractivity contribution in [1.82, 2.24) is 20.6 Å². The molecule has 100 valence electrons. The first-order valence-electron chi connectivity index (χ1n) is 6.03. The maximum atomic E-state index is 11.8. The molecule has 2 heterocycles. The fraction of sp³-hybridized carbons (Fsp3) is 0.583. The number of nitrogens with zero attached hydrogens (tertiary/aromatic N) is 2. The summed E-state index contributed by atoms with van der Waals surface area (Å²) in [6.45, 7) is 4.64. The Morgan fingerprint density at radius 2 is 2.33 bits per heavy atom. The minimum absolute atomic E-state index is 0. The zero-order valence-corrected chi connectivity index (χ0v) is 11.3. The second-order valence-corrected chi connectivity index (χ2v) is 4.47. The van der Waals surface area contributed by atoms with Crippen LogP contribution in [0.5, 0.6) is 0 Å². The van der Waals surface area contributed by atoms with Crippen molar-refractivity contribution in [3.8, 4) is 0 Å². The van der Waals surface area contributed by atoms with Gasteiger partial charge in [-0.2, -0.15) is 0 Å². The van der Waals surface area contributed by atoms with E-state index in [1.165, 1.54) is 19.0 Å². The molecule has 0 saturated carbocycles. The zero-order valence-electron chi connectivity index (χ0n) is 10.5. The van der Waals surface area contributed by atoms with Crippen molar-refractivity contribution in [3.05, 3.63) is 23.8 Å². The third-order valence-electron chi connectivity index (χ3n) is 2.96. The number of piperidine rings is 1. The van der Waals surface area contributed by atoms with Crippen molar-refractivity contribution in [1.29, 1.82) is 0 Å². The number of carbonyl (C=O) groups excluding carboxylic acids is 1. The van der Waals surface area contributed by atoms with Crippen molar-refractivity contribution < 1.29 is 4.79 Å². The van der Waals surface area contributed by atoms with Crippen molar-refractivity contribution in [3.63, 3.8) is 0 Å². The van der Waals surface area contributed by atoms with Crippen LogP contribution in [0.2, 0.25) is 0 Å². The fourth-order valence-corrected chi connectivity index (χ4v) is 1.94. The highest BCUT2D eigenvalue weighted by Crippen LogP contribution is 2.08. The maximum absolute atomic E-state index is 11.8. The van der Waals surface area contributed by atoms with E-state index in [9.17, 15) is 4.79 Å². The SMILES string of the molecule is Cc1cnc(C(=O)NCC2CCCNC2)cn1.Cl. The van der Waals surface area contributed by atoms with Gasteiger partial charge < -0.3 is 10.6 Å². The molecule has 1 atom stereocenters. The van der Waals surface area contributed by atoms with Gasteiger partial charge in [0.1, 0.15) is 5.69 Å². The van der Waals surface area contributed by atoms with E-state index in [1.807, 2.05) is 6.92 Å². The van der Waals surface area contributed by atoms with Crippen molar-refractivity contribution >= 4 is 18.3 Å². The molecule has 5 nitrogen and oxygen atoms in total. The van der Waals surface area contributed by atoms with E-state index in [0.717, 1.165) is 18.8 Å². The molecule has 1 aliphatic heterocycles. The number of hydrogen-bond acceptors (Lipinski definition) is 4. The van der Waals surface area contributed by atoms with Crippen LogP contribution in [0.1, 0.15) is 29.0 Å².